The molecule has 0 radical (unpaired) electrons. The Hall–Kier alpha value is -2.99. The van der Waals surface area contributed by atoms with Crippen LogP contribution in [0.15, 0.2) is 48.5 Å². The van der Waals surface area contributed by atoms with Gasteiger partial charge in [-0.15, -0.1) is 0 Å². The molecule has 0 aliphatic carbocycles. The van der Waals surface area contributed by atoms with Crippen LogP contribution in [0.5, 0.6) is 0 Å². The maximum absolute atomic E-state index is 11.7. The summed E-state index contributed by atoms with van der Waals surface area (Å²) >= 11 is 4.81. The van der Waals surface area contributed by atoms with Gasteiger partial charge in [-0.1, -0.05) is 25.1 Å². The smallest absolute Gasteiger partial charge is 0.336 e. The van der Waals surface area contributed by atoms with Crippen molar-refractivity contribution >= 4 is 39.9 Å². The normalized spacial score (nSPS) is 10.6. The van der Waals surface area contributed by atoms with Crippen LogP contribution in [0.1, 0.15) is 22.8 Å². The molecule has 0 saturated heterocycles. The number of fused-ring (bicyclic) bond motifs is 1. The molecule has 3 rings (SSSR count). The summed E-state index contributed by atoms with van der Waals surface area (Å²) in [7, 11) is 0. The van der Waals surface area contributed by atoms with Crippen LogP contribution in [0, 0.1) is 0 Å². The van der Waals surface area contributed by atoms with Crippen LogP contribution >= 0.6 is 12.2 Å². The van der Waals surface area contributed by atoms with Crippen LogP contribution in [0.4, 0.5) is 5.69 Å². The predicted molar refractivity (Wildman–Crippen MR) is 104 cm³/mol. The van der Waals surface area contributed by atoms with Gasteiger partial charge in [-0.2, -0.15) is 0 Å². The lowest BCUT2D eigenvalue weighted by molar-refractivity contribution is 0.0699. The first-order valence-electron chi connectivity index (χ1n) is 7.82. The molecule has 0 spiro atoms. The second kappa shape index (κ2) is 6.86. The number of pyridine rings is 1. The van der Waals surface area contributed by atoms with Gasteiger partial charge in [0.2, 0.25) is 0 Å². The number of aromatic nitrogens is 1. The Balaban J connectivity index is 2.10. The van der Waals surface area contributed by atoms with E-state index in [-0.39, 0.29) is 10.7 Å². The molecule has 25 heavy (non-hydrogen) atoms. The van der Waals surface area contributed by atoms with Gasteiger partial charge in [0.25, 0.3) is 0 Å². The molecule has 0 amide bonds. The molecule has 6 heteroatoms. The minimum Gasteiger partial charge on any atom is -0.478 e. The fourth-order valence-corrected chi connectivity index (χ4v) is 2.80. The van der Waals surface area contributed by atoms with Gasteiger partial charge >= 0.3 is 5.97 Å². The maximum atomic E-state index is 11.7. The lowest BCUT2D eigenvalue weighted by atomic mass is 10.0. The number of carboxylic acids is 1. The zero-order chi connectivity index (χ0) is 18.0. The number of aromatic carboxylic acids is 1. The molecule has 3 aromatic rings. The van der Waals surface area contributed by atoms with Crippen molar-refractivity contribution < 1.29 is 9.90 Å². The Morgan fingerprint density at radius 1 is 1.20 bits per heavy atom. The molecule has 0 saturated carbocycles. The molecule has 126 valence electrons. The molecule has 0 aliphatic rings. The van der Waals surface area contributed by atoms with E-state index in [1.807, 2.05) is 49.4 Å². The molecule has 1 aromatic heterocycles. The minimum absolute atomic E-state index is 0.191. The summed E-state index contributed by atoms with van der Waals surface area (Å²) in [6.45, 7) is 2.03. The topological polar surface area (TPSA) is 88.2 Å². The number of aryl methyl sites for hydroxylation is 1. The molecule has 0 atom stereocenters. The summed E-state index contributed by atoms with van der Waals surface area (Å²) < 4.78 is 0. The second-order valence-electron chi connectivity index (χ2n) is 5.63. The lowest BCUT2D eigenvalue weighted by Gasteiger charge is -2.09. The van der Waals surface area contributed by atoms with E-state index < -0.39 is 5.97 Å². The Labute approximate surface area is 150 Å². The average Bonchev–Trinajstić information content (AvgIpc) is 2.60. The standard InChI is InChI=1S/C19H17N3O2S/c1-2-11-3-8-16-14(9-11)15(18(23)24)10-17(22-16)12-4-6-13(7-5-12)21-19(20)25/h3-10H,2H2,1H3,(H,23,24)(H3,20,21,25). The summed E-state index contributed by atoms with van der Waals surface area (Å²) in [5.74, 6) is -0.964. The van der Waals surface area contributed by atoms with Crippen LogP contribution in [0.3, 0.4) is 0 Å². The molecule has 1 heterocycles. The van der Waals surface area contributed by atoms with Crippen molar-refractivity contribution in [3.63, 3.8) is 0 Å². The van der Waals surface area contributed by atoms with Crippen LogP contribution in [0.25, 0.3) is 22.2 Å². The van der Waals surface area contributed by atoms with Crippen molar-refractivity contribution in [1.29, 1.82) is 0 Å². The van der Waals surface area contributed by atoms with Gasteiger partial charge in [-0.25, -0.2) is 9.78 Å². The van der Waals surface area contributed by atoms with Crippen LogP contribution in [0.2, 0.25) is 0 Å². The van der Waals surface area contributed by atoms with E-state index in [1.54, 1.807) is 6.07 Å². The third-order valence-electron chi connectivity index (χ3n) is 3.96. The summed E-state index contributed by atoms with van der Waals surface area (Å²) in [5, 5.41) is 13.3. The Kier molecular flexibility index (Phi) is 4.63. The highest BCUT2D eigenvalue weighted by molar-refractivity contribution is 7.80. The monoisotopic (exact) mass is 351 g/mol. The number of rotatable bonds is 4. The number of carbonyl (C=O) groups is 1. The molecule has 2 aromatic carbocycles. The van der Waals surface area contributed by atoms with E-state index in [9.17, 15) is 9.90 Å². The number of thiocarbonyl (C=S) groups is 1. The number of anilines is 1. The first kappa shape index (κ1) is 16.9. The number of hydrogen-bond donors (Lipinski definition) is 3. The largest absolute Gasteiger partial charge is 0.478 e. The molecular weight excluding hydrogens is 334 g/mol. The van der Waals surface area contributed by atoms with E-state index in [1.165, 1.54) is 0 Å². The fraction of sp³-hybridized carbons (Fsp3) is 0.105. The van der Waals surface area contributed by atoms with E-state index in [0.717, 1.165) is 23.2 Å². The van der Waals surface area contributed by atoms with Gasteiger partial charge in [0.1, 0.15) is 0 Å². The molecule has 0 unspecified atom stereocenters. The first-order valence-corrected chi connectivity index (χ1v) is 8.22. The van der Waals surface area contributed by atoms with E-state index in [0.29, 0.717) is 16.6 Å². The zero-order valence-corrected chi connectivity index (χ0v) is 14.4. The Bertz CT molecular complexity index is 968. The molecule has 5 nitrogen and oxygen atoms in total. The third-order valence-corrected chi connectivity index (χ3v) is 4.06. The highest BCUT2D eigenvalue weighted by Gasteiger charge is 2.13. The SMILES string of the molecule is CCc1ccc2nc(-c3ccc(NC(N)=S)cc3)cc(C(=O)O)c2c1. The van der Waals surface area contributed by atoms with Crippen molar-refractivity contribution in [3.05, 3.63) is 59.7 Å². The average molecular weight is 351 g/mol. The molecule has 4 N–H and O–H groups in total. The van der Waals surface area contributed by atoms with Gasteiger partial charge in [0.15, 0.2) is 5.11 Å². The highest BCUT2D eigenvalue weighted by atomic mass is 32.1. The van der Waals surface area contributed by atoms with Crippen molar-refractivity contribution in [2.75, 3.05) is 5.32 Å². The van der Waals surface area contributed by atoms with Gasteiger partial charge < -0.3 is 16.2 Å². The number of benzene rings is 2. The first-order chi connectivity index (χ1) is 12.0. The highest BCUT2D eigenvalue weighted by Crippen LogP contribution is 2.27. The Morgan fingerprint density at radius 2 is 1.92 bits per heavy atom. The number of hydrogen-bond acceptors (Lipinski definition) is 3. The van der Waals surface area contributed by atoms with Gasteiger partial charge in [0.05, 0.1) is 16.8 Å². The number of nitrogens with two attached hydrogens (primary N) is 1. The summed E-state index contributed by atoms with van der Waals surface area (Å²) in [6.07, 6.45) is 0.841. The van der Waals surface area contributed by atoms with E-state index in [2.05, 4.69) is 10.3 Å². The zero-order valence-electron chi connectivity index (χ0n) is 13.6. The molecule has 0 aliphatic heterocycles. The maximum Gasteiger partial charge on any atom is 0.336 e. The molecule has 0 bridgehead atoms. The van der Waals surface area contributed by atoms with Gasteiger partial charge in [-0.05, 0) is 54.5 Å². The third kappa shape index (κ3) is 3.59. The summed E-state index contributed by atoms with van der Waals surface area (Å²) in [5.41, 5.74) is 9.64. The minimum atomic E-state index is -0.964. The van der Waals surface area contributed by atoms with Crippen molar-refractivity contribution in [2.24, 2.45) is 5.73 Å². The van der Waals surface area contributed by atoms with E-state index in [4.69, 9.17) is 18.0 Å². The fourth-order valence-electron chi connectivity index (χ4n) is 2.68. The van der Waals surface area contributed by atoms with E-state index >= 15 is 0 Å². The van der Waals surface area contributed by atoms with Gasteiger partial charge in [-0.3, -0.25) is 0 Å². The Morgan fingerprint density at radius 3 is 2.52 bits per heavy atom. The number of nitrogens with one attached hydrogen (secondary N) is 1. The van der Waals surface area contributed by atoms with Crippen LogP contribution in [-0.2, 0) is 6.42 Å². The van der Waals surface area contributed by atoms with Crippen molar-refractivity contribution in [3.8, 4) is 11.3 Å². The second-order valence-corrected chi connectivity index (χ2v) is 6.07. The van der Waals surface area contributed by atoms with Gasteiger partial charge in [0, 0.05) is 16.6 Å². The van der Waals surface area contributed by atoms with Crippen LogP contribution in [-0.4, -0.2) is 21.2 Å². The molecule has 0 fully saturated rings. The van der Waals surface area contributed by atoms with Crippen molar-refractivity contribution in [2.45, 2.75) is 13.3 Å². The van der Waals surface area contributed by atoms with Crippen LogP contribution < -0.4 is 11.1 Å². The number of carboxylic acid groups (broad SMARTS) is 1. The summed E-state index contributed by atoms with van der Waals surface area (Å²) in [6, 6.07) is 14.7. The lowest BCUT2D eigenvalue weighted by Crippen LogP contribution is -2.18. The summed E-state index contributed by atoms with van der Waals surface area (Å²) in [4.78, 5) is 16.3. The van der Waals surface area contributed by atoms with Crippen molar-refractivity contribution in [1.82, 2.24) is 4.98 Å². The molecular formula is C19H17N3O2S. The number of nitrogens with zero attached hydrogens (tertiary/aromatic N) is 1. The predicted octanol–water partition coefficient (Wildman–Crippen LogP) is 3.82. The quantitative estimate of drug-likeness (QED) is 0.619.